The number of quaternary nitrogens is 1. The SMILES string of the molecule is Cc1oc(C(=O)[O-])cc1C[NH+](CC(C)C)CC(C)C. The molecule has 0 fully saturated rings. The van der Waals surface area contributed by atoms with Gasteiger partial charge in [-0.25, -0.2) is 0 Å². The Hall–Kier alpha value is -1.29. The van der Waals surface area contributed by atoms with Gasteiger partial charge in [-0.05, 0) is 13.0 Å². The number of furan rings is 1. The number of aromatic carboxylic acids is 1. The lowest BCUT2D eigenvalue weighted by molar-refractivity contribution is -0.919. The molecule has 0 aliphatic carbocycles. The first-order valence-corrected chi connectivity index (χ1v) is 6.93. The predicted octanol–water partition coefficient (Wildman–Crippen LogP) is 0.648. The maximum absolute atomic E-state index is 10.8. The van der Waals surface area contributed by atoms with Crippen molar-refractivity contribution in [2.45, 2.75) is 41.2 Å². The maximum atomic E-state index is 10.8. The van der Waals surface area contributed by atoms with Crippen molar-refractivity contribution in [1.29, 1.82) is 0 Å². The summed E-state index contributed by atoms with van der Waals surface area (Å²) in [5.41, 5.74) is 0.968. The number of carboxylic acids is 1. The van der Waals surface area contributed by atoms with Gasteiger partial charge in [-0.3, -0.25) is 0 Å². The summed E-state index contributed by atoms with van der Waals surface area (Å²) in [6, 6.07) is 1.60. The van der Waals surface area contributed by atoms with Gasteiger partial charge in [0.1, 0.15) is 24.0 Å². The molecule has 0 radical (unpaired) electrons. The molecule has 1 heterocycles. The molecule has 0 aliphatic heterocycles. The van der Waals surface area contributed by atoms with Gasteiger partial charge >= 0.3 is 0 Å². The van der Waals surface area contributed by atoms with E-state index in [1.165, 1.54) is 4.90 Å². The number of carbonyl (C=O) groups excluding carboxylic acids is 1. The number of aryl methyl sites for hydroxylation is 1. The number of carboxylic acid groups (broad SMARTS) is 1. The Labute approximate surface area is 115 Å². The Morgan fingerprint density at radius 2 is 1.79 bits per heavy atom. The highest BCUT2D eigenvalue weighted by atomic mass is 16.4. The van der Waals surface area contributed by atoms with Crippen molar-refractivity contribution in [3.63, 3.8) is 0 Å². The molecular formula is C15H25NO3. The van der Waals surface area contributed by atoms with E-state index in [1.807, 2.05) is 6.92 Å². The lowest BCUT2D eigenvalue weighted by Gasteiger charge is -2.22. The maximum Gasteiger partial charge on any atom is 0.150 e. The first-order valence-electron chi connectivity index (χ1n) is 6.93. The van der Waals surface area contributed by atoms with E-state index in [2.05, 4.69) is 27.7 Å². The lowest BCUT2D eigenvalue weighted by Crippen LogP contribution is -3.11. The Morgan fingerprint density at radius 3 is 2.16 bits per heavy atom. The van der Waals surface area contributed by atoms with Crippen molar-refractivity contribution in [2.75, 3.05) is 13.1 Å². The van der Waals surface area contributed by atoms with Crippen molar-refractivity contribution >= 4 is 5.97 Å². The summed E-state index contributed by atoms with van der Waals surface area (Å²) < 4.78 is 5.21. The smallest absolute Gasteiger partial charge is 0.150 e. The molecule has 0 aliphatic rings. The summed E-state index contributed by atoms with van der Waals surface area (Å²) in [5.74, 6) is 0.594. The van der Waals surface area contributed by atoms with E-state index in [0.29, 0.717) is 17.6 Å². The van der Waals surface area contributed by atoms with Crippen LogP contribution in [0, 0.1) is 18.8 Å². The molecule has 0 saturated carbocycles. The normalized spacial score (nSPS) is 11.8. The monoisotopic (exact) mass is 267 g/mol. The molecule has 1 aromatic rings. The molecule has 1 rings (SSSR count). The Balaban J connectivity index is 2.80. The molecule has 19 heavy (non-hydrogen) atoms. The zero-order valence-corrected chi connectivity index (χ0v) is 12.6. The second kappa shape index (κ2) is 6.75. The van der Waals surface area contributed by atoms with E-state index in [9.17, 15) is 9.90 Å². The molecule has 0 unspecified atom stereocenters. The highest BCUT2D eigenvalue weighted by molar-refractivity contribution is 5.82. The van der Waals surface area contributed by atoms with Crippen LogP contribution < -0.4 is 10.0 Å². The summed E-state index contributed by atoms with van der Waals surface area (Å²) >= 11 is 0. The average Bonchev–Trinajstić information content (AvgIpc) is 2.58. The Morgan fingerprint density at radius 1 is 1.26 bits per heavy atom. The minimum absolute atomic E-state index is 0.0686. The van der Waals surface area contributed by atoms with E-state index in [4.69, 9.17) is 4.42 Å². The molecule has 1 aromatic heterocycles. The van der Waals surface area contributed by atoms with Gasteiger partial charge in [0.15, 0.2) is 0 Å². The van der Waals surface area contributed by atoms with Crippen molar-refractivity contribution in [2.24, 2.45) is 11.8 Å². The molecule has 0 aromatic carbocycles. The van der Waals surface area contributed by atoms with Crippen molar-refractivity contribution in [3.05, 3.63) is 23.2 Å². The van der Waals surface area contributed by atoms with Gasteiger partial charge in [0.2, 0.25) is 0 Å². The summed E-state index contributed by atoms with van der Waals surface area (Å²) in [5, 5.41) is 10.8. The zero-order chi connectivity index (χ0) is 14.6. The minimum atomic E-state index is -1.25. The molecule has 0 atom stereocenters. The largest absolute Gasteiger partial charge is 0.542 e. The number of nitrogens with one attached hydrogen (secondary N) is 1. The van der Waals surface area contributed by atoms with E-state index >= 15 is 0 Å². The van der Waals surface area contributed by atoms with E-state index in [0.717, 1.165) is 25.2 Å². The first-order chi connectivity index (χ1) is 8.79. The minimum Gasteiger partial charge on any atom is -0.542 e. The highest BCUT2D eigenvalue weighted by Gasteiger charge is 2.17. The van der Waals surface area contributed by atoms with Crippen LogP contribution in [0.5, 0.6) is 0 Å². The predicted molar refractivity (Wildman–Crippen MR) is 71.9 cm³/mol. The van der Waals surface area contributed by atoms with E-state index in [1.54, 1.807) is 6.07 Å². The highest BCUT2D eigenvalue weighted by Crippen LogP contribution is 2.13. The lowest BCUT2D eigenvalue weighted by atomic mass is 10.1. The van der Waals surface area contributed by atoms with E-state index in [-0.39, 0.29) is 5.76 Å². The van der Waals surface area contributed by atoms with Gasteiger partial charge in [0.25, 0.3) is 0 Å². The molecule has 0 spiro atoms. The summed E-state index contributed by atoms with van der Waals surface area (Å²) in [6.45, 7) is 13.6. The summed E-state index contributed by atoms with van der Waals surface area (Å²) in [6.07, 6.45) is 0. The molecule has 0 amide bonds. The van der Waals surface area contributed by atoms with Crippen molar-refractivity contribution in [3.8, 4) is 0 Å². The summed E-state index contributed by atoms with van der Waals surface area (Å²) in [4.78, 5) is 12.3. The fraction of sp³-hybridized carbons (Fsp3) is 0.667. The van der Waals surface area contributed by atoms with Crippen LogP contribution in [-0.2, 0) is 6.54 Å². The Kier molecular flexibility index (Phi) is 5.60. The van der Waals surface area contributed by atoms with Crippen LogP contribution in [0.1, 0.15) is 49.6 Å². The van der Waals surface area contributed by atoms with Crippen LogP contribution in [0.4, 0.5) is 0 Å². The number of rotatable bonds is 7. The molecule has 0 bridgehead atoms. The molecule has 1 N–H and O–H groups in total. The van der Waals surface area contributed by atoms with Crippen molar-refractivity contribution < 1.29 is 19.2 Å². The fourth-order valence-electron chi connectivity index (χ4n) is 2.45. The molecule has 4 heteroatoms. The van der Waals surface area contributed by atoms with Gasteiger partial charge < -0.3 is 19.2 Å². The van der Waals surface area contributed by atoms with Gasteiger partial charge in [0, 0.05) is 17.4 Å². The molecule has 0 saturated heterocycles. The number of hydrogen-bond acceptors (Lipinski definition) is 3. The number of carbonyl (C=O) groups is 1. The second-order valence-corrected chi connectivity index (χ2v) is 6.10. The zero-order valence-electron chi connectivity index (χ0n) is 12.6. The number of hydrogen-bond donors (Lipinski definition) is 1. The van der Waals surface area contributed by atoms with Crippen LogP contribution in [0.2, 0.25) is 0 Å². The van der Waals surface area contributed by atoms with Crippen LogP contribution >= 0.6 is 0 Å². The standard InChI is InChI=1S/C15H25NO3/c1-10(2)7-16(8-11(3)4)9-13-6-14(15(17)18)19-12(13)5/h6,10-11H,7-9H2,1-5H3,(H,17,18). The third-order valence-electron chi connectivity index (χ3n) is 3.06. The average molecular weight is 267 g/mol. The third-order valence-corrected chi connectivity index (χ3v) is 3.06. The molecule has 4 nitrogen and oxygen atoms in total. The van der Waals surface area contributed by atoms with Crippen LogP contribution in [0.15, 0.2) is 10.5 Å². The van der Waals surface area contributed by atoms with Crippen molar-refractivity contribution in [1.82, 2.24) is 0 Å². The molecule has 108 valence electrons. The van der Waals surface area contributed by atoms with Crippen LogP contribution in [0.3, 0.4) is 0 Å². The van der Waals surface area contributed by atoms with Gasteiger partial charge in [0.05, 0.1) is 13.1 Å². The van der Waals surface area contributed by atoms with Crippen LogP contribution in [0.25, 0.3) is 0 Å². The molecular weight excluding hydrogens is 242 g/mol. The van der Waals surface area contributed by atoms with Gasteiger partial charge in [-0.15, -0.1) is 0 Å². The quantitative estimate of drug-likeness (QED) is 0.789. The van der Waals surface area contributed by atoms with Gasteiger partial charge in [-0.1, -0.05) is 27.7 Å². The van der Waals surface area contributed by atoms with Crippen LogP contribution in [-0.4, -0.2) is 19.1 Å². The fourth-order valence-corrected chi connectivity index (χ4v) is 2.45. The third kappa shape index (κ3) is 5.07. The summed E-state index contributed by atoms with van der Waals surface area (Å²) in [7, 11) is 0. The van der Waals surface area contributed by atoms with Gasteiger partial charge in [-0.2, -0.15) is 0 Å². The second-order valence-electron chi connectivity index (χ2n) is 6.10. The topological polar surface area (TPSA) is 57.7 Å². The van der Waals surface area contributed by atoms with E-state index < -0.39 is 5.97 Å². The Bertz CT molecular complexity index is 411. The first kappa shape index (κ1) is 15.8.